The highest BCUT2D eigenvalue weighted by molar-refractivity contribution is 7.89. The summed E-state index contributed by atoms with van der Waals surface area (Å²) in [5, 5.41) is 23.5. The first-order valence-corrected chi connectivity index (χ1v) is 11.8. The molecule has 0 radical (unpaired) electrons. The van der Waals surface area contributed by atoms with E-state index in [1.807, 2.05) is 6.07 Å². The van der Waals surface area contributed by atoms with E-state index in [1.165, 1.54) is 34.6 Å². The van der Waals surface area contributed by atoms with Gasteiger partial charge in [-0.3, -0.25) is 5.10 Å². The maximum atomic E-state index is 13.8. The zero-order chi connectivity index (χ0) is 22.7. The Labute approximate surface area is 194 Å². The number of nitrogens with one attached hydrogen (secondary N) is 2. The first-order valence-electron chi connectivity index (χ1n) is 9.62. The summed E-state index contributed by atoms with van der Waals surface area (Å²) in [7, 11) is -4.02. The number of halogens is 2. The molecular formula is C20H18Cl2N6O3S. The molecule has 32 heavy (non-hydrogen) atoms. The van der Waals surface area contributed by atoms with E-state index in [4.69, 9.17) is 27.9 Å². The van der Waals surface area contributed by atoms with Gasteiger partial charge in [0.15, 0.2) is 0 Å². The van der Waals surface area contributed by atoms with Crippen LogP contribution in [0.5, 0.6) is 11.5 Å². The van der Waals surface area contributed by atoms with Crippen molar-refractivity contribution >= 4 is 33.2 Å². The summed E-state index contributed by atoms with van der Waals surface area (Å²) in [5.74, 6) is 0.354. The number of hydrogen-bond acceptors (Lipinski definition) is 7. The number of benzene rings is 2. The van der Waals surface area contributed by atoms with Gasteiger partial charge in [0.2, 0.25) is 10.0 Å². The Morgan fingerprint density at radius 1 is 1.22 bits per heavy atom. The molecule has 0 amide bonds. The van der Waals surface area contributed by atoms with Gasteiger partial charge in [0.1, 0.15) is 16.4 Å². The standard InChI is InChI=1S/C20H18Cl2N6O3S/c21-14-6-15(22)8-18(7-14)31-19-2-1-13(10-23)5-20(19)32(29,30)28-4-3-24-12-17(28)9-16-11-25-27-26-16/h1-2,5-8,11,17,24H,3-4,9,12H2,(H,25,26,27). The van der Waals surface area contributed by atoms with Crippen molar-refractivity contribution in [3.63, 3.8) is 0 Å². The second kappa shape index (κ2) is 9.44. The summed E-state index contributed by atoms with van der Waals surface area (Å²) in [6, 6.07) is 10.5. The van der Waals surface area contributed by atoms with E-state index in [9.17, 15) is 13.7 Å². The van der Waals surface area contributed by atoms with Crippen molar-refractivity contribution in [3.05, 3.63) is 63.9 Å². The van der Waals surface area contributed by atoms with Gasteiger partial charge in [-0.15, -0.1) is 5.10 Å². The number of hydrogen-bond donors (Lipinski definition) is 2. The number of piperazine rings is 1. The molecule has 0 spiro atoms. The van der Waals surface area contributed by atoms with Gasteiger partial charge >= 0.3 is 0 Å². The molecule has 0 aliphatic carbocycles. The summed E-state index contributed by atoms with van der Waals surface area (Å²) in [5.41, 5.74) is 0.916. The molecule has 2 N–H and O–H groups in total. The molecule has 166 valence electrons. The van der Waals surface area contributed by atoms with Crippen LogP contribution in [0, 0.1) is 11.3 Å². The average Bonchev–Trinajstić information content (AvgIpc) is 3.26. The SMILES string of the molecule is N#Cc1ccc(Oc2cc(Cl)cc(Cl)c2)c(S(=O)(=O)N2CCNCC2Cc2cnn[nH]2)c1. The Morgan fingerprint density at radius 3 is 2.69 bits per heavy atom. The van der Waals surface area contributed by atoms with Crippen LogP contribution in [0.15, 0.2) is 47.5 Å². The van der Waals surface area contributed by atoms with Crippen LogP contribution in [0.3, 0.4) is 0 Å². The zero-order valence-corrected chi connectivity index (χ0v) is 19.0. The maximum absolute atomic E-state index is 13.8. The molecule has 1 aliphatic heterocycles. The van der Waals surface area contributed by atoms with Crippen LogP contribution in [-0.2, 0) is 16.4 Å². The predicted octanol–water partition coefficient (Wildman–Crippen LogP) is 2.98. The van der Waals surface area contributed by atoms with Crippen LogP contribution >= 0.6 is 23.2 Å². The van der Waals surface area contributed by atoms with E-state index >= 15 is 0 Å². The zero-order valence-electron chi connectivity index (χ0n) is 16.6. The van der Waals surface area contributed by atoms with Crippen molar-refractivity contribution in [2.45, 2.75) is 17.4 Å². The van der Waals surface area contributed by atoms with Gasteiger partial charge in [-0.1, -0.05) is 28.4 Å². The Kier molecular flexibility index (Phi) is 6.64. The summed E-state index contributed by atoms with van der Waals surface area (Å²) >= 11 is 12.1. The molecule has 1 fully saturated rings. The molecule has 0 saturated carbocycles. The van der Waals surface area contributed by atoms with E-state index in [0.717, 1.165) is 5.69 Å². The molecule has 2 heterocycles. The third-order valence-corrected chi connectivity index (χ3v) is 7.35. The lowest BCUT2D eigenvalue weighted by Crippen LogP contribution is -2.54. The lowest BCUT2D eigenvalue weighted by molar-refractivity contribution is 0.264. The van der Waals surface area contributed by atoms with Crippen molar-refractivity contribution in [1.29, 1.82) is 5.26 Å². The van der Waals surface area contributed by atoms with Crippen LogP contribution in [0.2, 0.25) is 10.0 Å². The predicted molar refractivity (Wildman–Crippen MR) is 118 cm³/mol. The first-order chi connectivity index (χ1) is 15.4. The third-order valence-electron chi connectivity index (χ3n) is 4.94. The summed E-state index contributed by atoms with van der Waals surface area (Å²) in [4.78, 5) is -0.109. The molecule has 1 aliphatic rings. The van der Waals surface area contributed by atoms with Gasteiger partial charge in [-0.05, 0) is 36.4 Å². The molecule has 9 nitrogen and oxygen atoms in total. The average molecular weight is 493 g/mol. The fraction of sp³-hybridized carbons (Fsp3) is 0.250. The van der Waals surface area contributed by atoms with Crippen LogP contribution in [0.25, 0.3) is 0 Å². The fourth-order valence-electron chi connectivity index (χ4n) is 3.51. The molecule has 1 aromatic heterocycles. The molecule has 3 aromatic rings. The highest BCUT2D eigenvalue weighted by Gasteiger charge is 2.36. The number of H-pyrrole nitrogens is 1. The highest BCUT2D eigenvalue weighted by Crippen LogP contribution is 2.35. The summed E-state index contributed by atoms with van der Waals surface area (Å²) in [6.07, 6.45) is 1.96. The summed E-state index contributed by atoms with van der Waals surface area (Å²) < 4.78 is 34.8. The molecule has 1 saturated heterocycles. The van der Waals surface area contributed by atoms with Gasteiger partial charge in [0.25, 0.3) is 0 Å². The number of aromatic nitrogens is 3. The van der Waals surface area contributed by atoms with E-state index in [1.54, 1.807) is 12.3 Å². The minimum Gasteiger partial charge on any atom is -0.456 e. The number of nitrogens with zero attached hydrogens (tertiary/aromatic N) is 4. The molecule has 1 atom stereocenters. The second-order valence-corrected chi connectivity index (χ2v) is 9.87. The van der Waals surface area contributed by atoms with E-state index in [2.05, 4.69) is 20.7 Å². The van der Waals surface area contributed by atoms with Gasteiger partial charge in [-0.25, -0.2) is 8.42 Å². The van der Waals surface area contributed by atoms with Gasteiger partial charge in [-0.2, -0.15) is 9.57 Å². The van der Waals surface area contributed by atoms with Crippen molar-refractivity contribution in [2.24, 2.45) is 0 Å². The van der Waals surface area contributed by atoms with Crippen LogP contribution < -0.4 is 10.1 Å². The Hall–Kier alpha value is -2.68. The van der Waals surface area contributed by atoms with Crippen molar-refractivity contribution in [2.75, 3.05) is 19.6 Å². The molecule has 1 unspecified atom stereocenters. The van der Waals surface area contributed by atoms with Crippen LogP contribution in [0.1, 0.15) is 11.3 Å². The molecule has 2 aromatic carbocycles. The monoisotopic (exact) mass is 492 g/mol. The van der Waals surface area contributed by atoms with Crippen LogP contribution in [-0.4, -0.2) is 53.8 Å². The van der Waals surface area contributed by atoms with E-state index < -0.39 is 10.0 Å². The number of nitriles is 1. The Morgan fingerprint density at radius 2 is 2.00 bits per heavy atom. The largest absolute Gasteiger partial charge is 0.456 e. The minimum atomic E-state index is -4.02. The quantitative estimate of drug-likeness (QED) is 0.541. The van der Waals surface area contributed by atoms with Gasteiger partial charge in [0.05, 0.1) is 23.5 Å². The fourth-order valence-corrected chi connectivity index (χ4v) is 5.78. The topological polar surface area (TPSA) is 124 Å². The molecular weight excluding hydrogens is 475 g/mol. The molecule has 4 rings (SSSR count). The highest BCUT2D eigenvalue weighted by atomic mass is 35.5. The van der Waals surface area contributed by atoms with Crippen molar-refractivity contribution < 1.29 is 13.2 Å². The summed E-state index contributed by atoms with van der Waals surface area (Å²) in [6.45, 7) is 1.21. The van der Waals surface area contributed by atoms with Crippen LogP contribution in [0.4, 0.5) is 0 Å². The minimum absolute atomic E-state index is 0.0721. The van der Waals surface area contributed by atoms with Gasteiger partial charge < -0.3 is 10.1 Å². The first kappa shape index (κ1) is 22.5. The lowest BCUT2D eigenvalue weighted by atomic mass is 10.1. The number of sulfonamides is 1. The van der Waals surface area contributed by atoms with Crippen molar-refractivity contribution in [1.82, 2.24) is 25.0 Å². The smallest absolute Gasteiger partial charge is 0.247 e. The van der Waals surface area contributed by atoms with E-state index in [0.29, 0.717) is 29.6 Å². The Bertz CT molecular complexity index is 1240. The number of aromatic amines is 1. The molecule has 0 bridgehead atoms. The molecule has 12 heteroatoms. The third kappa shape index (κ3) is 4.87. The van der Waals surface area contributed by atoms with Crippen molar-refractivity contribution in [3.8, 4) is 17.6 Å². The maximum Gasteiger partial charge on any atom is 0.247 e. The Balaban J connectivity index is 1.73. The number of ether oxygens (including phenoxy) is 1. The lowest BCUT2D eigenvalue weighted by Gasteiger charge is -2.35. The van der Waals surface area contributed by atoms with E-state index in [-0.39, 0.29) is 34.5 Å². The normalized spacial score (nSPS) is 17.1. The second-order valence-electron chi connectivity index (χ2n) is 7.14. The number of rotatable bonds is 6. The van der Waals surface area contributed by atoms with Gasteiger partial charge in [0, 0.05) is 42.1 Å².